The second-order valence-electron chi connectivity index (χ2n) is 5.75. The van der Waals surface area contributed by atoms with E-state index < -0.39 is 21.2 Å². The van der Waals surface area contributed by atoms with Crippen LogP contribution in [0.1, 0.15) is 26.2 Å². The Labute approximate surface area is 125 Å². The molecule has 116 valence electrons. The van der Waals surface area contributed by atoms with Gasteiger partial charge in [0.05, 0.1) is 16.0 Å². The van der Waals surface area contributed by atoms with Crippen LogP contribution < -0.4 is 4.90 Å². The zero-order chi connectivity index (χ0) is 15.7. The number of rotatable bonds is 5. The number of carbonyl (C=O) groups is 1. The van der Waals surface area contributed by atoms with E-state index in [4.69, 9.17) is 0 Å². The fourth-order valence-electron chi connectivity index (χ4n) is 3.07. The Hall–Kier alpha value is -1.56. The highest BCUT2D eigenvalue weighted by molar-refractivity contribution is 7.90. The lowest BCUT2D eigenvalue weighted by Crippen LogP contribution is -2.35. The van der Waals surface area contributed by atoms with E-state index in [1.54, 1.807) is 24.3 Å². The maximum atomic E-state index is 11.9. The van der Waals surface area contributed by atoms with E-state index in [1.807, 2.05) is 11.8 Å². The summed E-state index contributed by atoms with van der Waals surface area (Å²) in [5, 5.41) is 9.54. The van der Waals surface area contributed by atoms with Gasteiger partial charge in [-0.25, -0.2) is 8.42 Å². The Balaban J connectivity index is 2.36. The van der Waals surface area contributed by atoms with Gasteiger partial charge in [0, 0.05) is 19.3 Å². The van der Waals surface area contributed by atoms with E-state index in [9.17, 15) is 18.3 Å². The summed E-state index contributed by atoms with van der Waals surface area (Å²) in [4.78, 5) is 13.8. The Bertz CT molecular complexity index is 641. The lowest BCUT2D eigenvalue weighted by molar-refractivity contribution is -0.148. The Morgan fingerprint density at radius 3 is 2.62 bits per heavy atom. The number of carboxylic acids is 1. The molecule has 2 rings (SSSR count). The van der Waals surface area contributed by atoms with Crippen molar-refractivity contribution in [3.8, 4) is 0 Å². The first-order valence-electron chi connectivity index (χ1n) is 7.07. The molecule has 1 aliphatic heterocycles. The van der Waals surface area contributed by atoms with Gasteiger partial charge in [0.25, 0.3) is 0 Å². The zero-order valence-electron chi connectivity index (χ0n) is 12.4. The number of sulfone groups is 1. The van der Waals surface area contributed by atoms with Gasteiger partial charge in [-0.15, -0.1) is 0 Å². The summed E-state index contributed by atoms with van der Waals surface area (Å²) < 4.78 is 23.8. The fraction of sp³-hybridized carbons (Fsp3) is 0.533. The summed E-state index contributed by atoms with van der Waals surface area (Å²) >= 11 is 0. The lowest BCUT2D eigenvalue weighted by Gasteiger charge is -2.26. The maximum absolute atomic E-state index is 11.9. The largest absolute Gasteiger partial charge is 0.481 e. The molecule has 1 fully saturated rings. The highest BCUT2D eigenvalue weighted by Crippen LogP contribution is 2.39. The van der Waals surface area contributed by atoms with Crippen LogP contribution in [-0.4, -0.2) is 38.8 Å². The van der Waals surface area contributed by atoms with Crippen molar-refractivity contribution >= 4 is 21.5 Å². The standard InChI is InChI=1S/C15H21NO4S/c1-3-8-15(14(17)18)9-10-16(11-15)12-6-4-5-7-13(12)21(2,19)20/h4-7H,3,8-11H2,1-2H3,(H,17,18). The van der Waals surface area contributed by atoms with Crippen molar-refractivity contribution in [1.82, 2.24) is 0 Å². The fourth-order valence-corrected chi connectivity index (χ4v) is 3.98. The molecule has 0 bridgehead atoms. The minimum atomic E-state index is -3.33. The third-order valence-corrected chi connectivity index (χ3v) is 5.29. The van der Waals surface area contributed by atoms with Crippen LogP contribution in [0, 0.1) is 5.41 Å². The molecule has 0 saturated carbocycles. The molecule has 5 nitrogen and oxygen atoms in total. The first kappa shape index (κ1) is 15.8. The molecule has 0 aliphatic carbocycles. The summed E-state index contributed by atoms with van der Waals surface area (Å²) in [6.07, 6.45) is 3.14. The van der Waals surface area contributed by atoms with Crippen molar-refractivity contribution in [2.75, 3.05) is 24.2 Å². The normalized spacial score (nSPS) is 22.5. The van der Waals surface area contributed by atoms with Crippen molar-refractivity contribution < 1.29 is 18.3 Å². The Kier molecular flexibility index (Phi) is 4.27. The molecule has 1 heterocycles. The predicted octanol–water partition coefficient (Wildman–Crippen LogP) is 2.17. The molecule has 1 aliphatic rings. The van der Waals surface area contributed by atoms with E-state index in [0.29, 0.717) is 31.6 Å². The highest BCUT2D eigenvalue weighted by Gasteiger charge is 2.44. The number of aliphatic carboxylic acids is 1. The molecule has 1 unspecified atom stereocenters. The van der Waals surface area contributed by atoms with E-state index in [1.165, 1.54) is 6.26 Å². The van der Waals surface area contributed by atoms with Crippen molar-refractivity contribution in [1.29, 1.82) is 0 Å². The maximum Gasteiger partial charge on any atom is 0.311 e. The molecule has 0 spiro atoms. The van der Waals surface area contributed by atoms with Crippen LogP contribution in [0.2, 0.25) is 0 Å². The smallest absolute Gasteiger partial charge is 0.311 e. The van der Waals surface area contributed by atoms with Crippen molar-refractivity contribution in [3.63, 3.8) is 0 Å². The van der Waals surface area contributed by atoms with Crippen LogP contribution in [0.5, 0.6) is 0 Å². The number of hydrogen-bond donors (Lipinski definition) is 1. The number of nitrogens with zero attached hydrogens (tertiary/aromatic N) is 1. The molecule has 6 heteroatoms. The monoisotopic (exact) mass is 311 g/mol. The molecule has 1 N–H and O–H groups in total. The SMILES string of the molecule is CCCC1(C(=O)O)CCN(c2ccccc2S(C)(=O)=O)C1. The first-order chi connectivity index (χ1) is 9.80. The van der Waals surface area contributed by atoms with E-state index in [0.717, 1.165) is 6.42 Å². The molecular weight excluding hydrogens is 290 g/mol. The van der Waals surface area contributed by atoms with Crippen LogP contribution in [0.15, 0.2) is 29.2 Å². The van der Waals surface area contributed by atoms with Gasteiger partial charge in [0.2, 0.25) is 0 Å². The second kappa shape index (κ2) is 5.67. The quantitative estimate of drug-likeness (QED) is 0.902. The van der Waals surface area contributed by atoms with Crippen LogP contribution >= 0.6 is 0 Å². The predicted molar refractivity (Wildman–Crippen MR) is 81.4 cm³/mol. The average Bonchev–Trinajstić information content (AvgIpc) is 2.84. The average molecular weight is 311 g/mol. The molecule has 1 saturated heterocycles. The van der Waals surface area contributed by atoms with Gasteiger partial charge >= 0.3 is 5.97 Å². The molecule has 0 radical (unpaired) electrons. The molecule has 21 heavy (non-hydrogen) atoms. The molecular formula is C15H21NO4S. The van der Waals surface area contributed by atoms with Crippen molar-refractivity contribution in [3.05, 3.63) is 24.3 Å². The second-order valence-corrected chi connectivity index (χ2v) is 7.73. The number of anilines is 1. The summed E-state index contributed by atoms with van der Waals surface area (Å²) in [5.41, 5.74) is -0.154. The molecule has 0 amide bonds. The summed E-state index contributed by atoms with van der Waals surface area (Å²) in [7, 11) is -3.33. The summed E-state index contributed by atoms with van der Waals surface area (Å²) in [6.45, 7) is 2.90. The van der Waals surface area contributed by atoms with Crippen molar-refractivity contribution in [2.24, 2.45) is 5.41 Å². The third-order valence-electron chi connectivity index (χ3n) is 4.14. The van der Waals surface area contributed by atoms with Gasteiger partial charge in [-0.1, -0.05) is 25.5 Å². The minimum absolute atomic E-state index is 0.266. The van der Waals surface area contributed by atoms with E-state index in [2.05, 4.69) is 0 Å². The van der Waals surface area contributed by atoms with Gasteiger partial charge in [-0.3, -0.25) is 4.79 Å². The number of carboxylic acid groups (broad SMARTS) is 1. The number of benzene rings is 1. The topological polar surface area (TPSA) is 74.7 Å². The van der Waals surface area contributed by atoms with Crippen LogP contribution in [0.25, 0.3) is 0 Å². The minimum Gasteiger partial charge on any atom is -0.481 e. The third kappa shape index (κ3) is 3.05. The lowest BCUT2D eigenvalue weighted by atomic mass is 9.83. The Morgan fingerprint density at radius 1 is 1.38 bits per heavy atom. The molecule has 1 aromatic rings. The van der Waals surface area contributed by atoms with E-state index in [-0.39, 0.29) is 4.90 Å². The molecule has 1 aromatic carbocycles. The summed E-state index contributed by atoms with van der Waals surface area (Å²) in [6, 6.07) is 6.79. The van der Waals surface area contributed by atoms with Gasteiger partial charge in [0.1, 0.15) is 0 Å². The first-order valence-corrected chi connectivity index (χ1v) is 8.97. The number of para-hydroxylation sites is 1. The van der Waals surface area contributed by atoms with Gasteiger partial charge in [0.15, 0.2) is 9.84 Å². The van der Waals surface area contributed by atoms with E-state index >= 15 is 0 Å². The van der Waals surface area contributed by atoms with Crippen LogP contribution in [0.3, 0.4) is 0 Å². The zero-order valence-corrected chi connectivity index (χ0v) is 13.2. The molecule has 1 atom stereocenters. The van der Waals surface area contributed by atoms with Gasteiger partial charge < -0.3 is 10.0 Å². The summed E-state index contributed by atoms with van der Waals surface area (Å²) in [5.74, 6) is -0.788. The Morgan fingerprint density at radius 2 is 2.05 bits per heavy atom. The van der Waals surface area contributed by atoms with Gasteiger partial charge in [-0.2, -0.15) is 0 Å². The van der Waals surface area contributed by atoms with Crippen LogP contribution in [0.4, 0.5) is 5.69 Å². The van der Waals surface area contributed by atoms with Crippen molar-refractivity contribution in [2.45, 2.75) is 31.1 Å². The van der Waals surface area contributed by atoms with Gasteiger partial charge in [-0.05, 0) is 25.0 Å². The molecule has 0 aromatic heterocycles. The number of hydrogen-bond acceptors (Lipinski definition) is 4. The van der Waals surface area contributed by atoms with Crippen LogP contribution in [-0.2, 0) is 14.6 Å². The highest BCUT2D eigenvalue weighted by atomic mass is 32.2.